The Kier molecular flexibility index (Phi) is 2.61. The van der Waals surface area contributed by atoms with Gasteiger partial charge < -0.3 is 9.80 Å². The smallest absolute Gasteiger partial charge is 0.0145 e. The Morgan fingerprint density at radius 2 is 1.92 bits per heavy atom. The van der Waals surface area contributed by atoms with Crippen LogP contribution in [0.4, 0.5) is 0 Å². The molecule has 2 rings (SSSR count). The van der Waals surface area contributed by atoms with Gasteiger partial charge in [0, 0.05) is 18.6 Å². The van der Waals surface area contributed by atoms with Gasteiger partial charge in [0.15, 0.2) is 0 Å². The van der Waals surface area contributed by atoms with Crippen molar-refractivity contribution in [3.63, 3.8) is 0 Å². The van der Waals surface area contributed by atoms with Gasteiger partial charge >= 0.3 is 0 Å². The third-order valence-electron chi connectivity index (χ3n) is 3.87. The molecule has 0 saturated carbocycles. The molecule has 13 heavy (non-hydrogen) atoms. The Labute approximate surface area is 81.9 Å². The highest BCUT2D eigenvalue weighted by Gasteiger charge is 2.36. The van der Waals surface area contributed by atoms with Gasteiger partial charge in [-0.2, -0.15) is 0 Å². The first-order chi connectivity index (χ1) is 6.18. The van der Waals surface area contributed by atoms with Crippen molar-refractivity contribution in [1.29, 1.82) is 0 Å². The summed E-state index contributed by atoms with van der Waals surface area (Å²) in [5, 5.41) is 0. The molecule has 2 saturated heterocycles. The topological polar surface area (TPSA) is 6.48 Å². The second-order valence-corrected chi connectivity index (χ2v) is 4.97. The maximum absolute atomic E-state index is 2.64. The highest BCUT2D eigenvalue weighted by Crippen LogP contribution is 2.30. The first-order valence-corrected chi connectivity index (χ1v) is 5.63. The van der Waals surface area contributed by atoms with Crippen LogP contribution in [0.5, 0.6) is 0 Å². The number of nitrogens with zero attached hydrogens (tertiary/aromatic N) is 2. The first-order valence-electron chi connectivity index (χ1n) is 5.63. The molecule has 0 unspecified atom stereocenters. The van der Waals surface area contributed by atoms with Gasteiger partial charge in [0.1, 0.15) is 0 Å². The molecule has 0 aromatic carbocycles. The molecule has 0 N–H and O–H groups in total. The number of piperidine rings is 1. The zero-order chi connectivity index (χ0) is 9.42. The van der Waals surface area contributed by atoms with Crippen LogP contribution in [0.1, 0.15) is 26.7 Å². The van der Waals surface area contributed by atoms with Crippen molar-refractivity contribution >= 4 is 0 Å². The molecule has 2 heterocycles. The SMILES string of the molecule is CC(C)N1CC[C@@H]2[C@@H](CCN2C)C1. The normalized spacial score (nSPS) is 36.9. The lowest BCUT2D eigenvalue weighted by atomic mass is 9.92. The maximum atomic E-state index is 2.64. The van der Waals surface area contributed by atoms with Crippen molar-refractivity contribution in [3.05, 3.63) is 0 Å². The van der Waals surface area contributed by atoms with E-state index in [0.717, 1.165) is 18.0 Å². The molecule has 0 radical (unpaired) electrons. The van der Waals surface area contributed by atoms with Gasteiger partial charge in [0.05, 0.1) is 0 Å². The minimum absolute atomic E-state index is 0.742. The Morgan fingerprint density at radius 3 is 2.62 bits per heavy atom. The average molecular weight is 182 g/mol. The van der Waals surface area contributed by atoms with Gasteiger partial charge in [-0.25, -0.2) is 0 Å². The summed E-state index contributed by atoms with van der Waals surface area (Å²) in [6, 6.07) is 1.64. The molecular weight excluding hydrogens is 160 g/mol. The second-order valence-electron chi connectivity index (χ2n) is 4.97. The number of hydrogen-bond donors (Lipinski definition) is 0. The number of hydrogen-bond acceptors (Lipinski definition) is 2. The summed E-state index contributed by atoms with van der Waals surface area (Å²) in [7, 11) is 2.29. The Balaban J connectivity index is 1.95. The summed E-state index contributed by atoms with van der Waals surface area (Å²) in [6.07, 6.45) is 2.81. The molecule has 0 aliphatic carbocycles. The number of fused-ring (bicyclic) bond motifs is 1. The summed E-state index contributed by atoms with van der Waals surface area (Å²) >= 11 is 0. The van der Waals surface area contributed by atoms with Crippen LogP contribution in [0, 0.1) is 5.92 Å². The summed E-state index contributed by atoms with van der Waals surface area (Å²) in [5.74, 6) is 0.959. The monoisotopic (exact) mass is 182 g/mol. The van der Waals surface area contributed by atoms with Crippen molar-refractivity contribution in [2.75, 3.05) is 26.7 Å². The Bertz CT molecular complexity index is 179. The lowest BCUT2D eigenvalue weighted by Crippen LogP contribution is -2.47. The molecule has 2 aliphatic rings. The molecule has 0 bridgehead atoms. The molecule has 0 spiro atoms. The van der Waals surface area contributed by atoms with E-state index in [1.54, 1.807) is 0 Å². The third-order valence-corrected chi connectivity index (χ3v) is 3.87. The molecule has 0 amide bonds. The molecular formula is C11H22N2. The molecule has 2 heteroatoms. The van der Waals surface area contributed by atoms with E-state index in [9.17, 15) is 0 Å². The lowest BCUT2D eigenvalue weighted by molar-refractivity contribution is 0.100. The summed E-state index contributed by atoms with van der Waals surface area (Å²) < 4.78 is 0. The second kappa shape index (κ2) is 3.58. The van der Waals surface area contributed by atoms with Gasteiger partial charge in [-0.3, -0.25) is 0 Å². The van der Waals surface area contributed by atoms with Crippen LogP contribution >= 0.6 is 0 Å². The fraction of sp³-hybridized carbons (Fsp3) is 1.00. The van der Waals surface area contributed by atoms with Gasteiger partial charge in [0.25, 0.3) is 0 Å². The molecule has 2 nitrogen and oxygen atoms in total. The zero-order valence-electron chi connectivity index (χ0n) is 9.16. The van der Waals surface area contributed by atoms with Crippen LogP contribution in [0.2, 0.25) is 0 Å². The van der Waals surface area contributed by atoms with Crippen molar-refractivity contribution in [3.8, 4) is 0 Å². The van der Waals surface area contributed by atoms with Crippen LogP contribution in [-0.2, 0) is 0 Å². The van der Waals surface area contributed by atoms with Crippen LogP contribution in [0.15, 0.2) is 0 Å². The Morgan fingerprint density at radius 1 is 1.15 bits per heavy atom. The van der Waals surface area contributed by atoms with Crippen molar-refractivity contribution in [2.24, 2.45) is 5.92 Å². The van der Waals surface area contributed by atoms with Crippen LogP contribution < -0.4 is 0 Å². The van der Waals surface area contributed by atoms with E-state index in [1.165, 1.54) is 32.5 Å². The fourth-order valence-corrected chi connectivity index (χ4v) is 2.92. The van der Waals surface area contributed by atoms with Crippen LogP contribution in [-0.4, -0.2) is 48.6 Å². The van der Waals surface area contributed by atoms with Crippen molar-refractivity contribution < 1.29 is 0 Å². The van der Waals surface area contributed by atoms with Gasteiger partial charge in [0.2, 0.25) is 0 Å². The predicted octanol–water partition coefficient (Wildman–Crippen LogP) is 1.42. The zero-order valence-corrected chi connectivity index (χ0v) is 9.16. The van der Waals surface area contributed by atoms with Crippen LogP contribution in [0.25, 0.3) is 0 Å². The molecule has 2 fully saturated rings. The largest absolute Gasteiger partial charge is 0.303 e. The van der Waals surface area contributed by atoms with Crippen molar-refractivity contribution in [2.45, 2.75) is 38.8 Å². The van der Waals surface area contributed by atoms with Gasteiger partial charge in [-0.05, 0) is 52.7 Å². The number of rotatable bonds is 1. The summed E-state index contributed by atoms with van der Waals surface area (Å²) in [6.45, 7) is 8.61. The van der Waals surface area contributed by atoms with E-state index in [1.807, 2.05) is 0 Å². The van der Waals surface area contributed by atoms with E-state index in [-0.39, 0.29) is 0 Å². The summed E-state index contributed by atoms with van der Waals surface area (Å²) in [4.78, 5) is 5.20. The standard InChI is InChI=1S/C11H22N2/c1-9(2)13-7-5-11-10(8-13)4-6-12(11)3/h9-11H,4-8H2,1-3H3/t10-,11+/m0/s1. The molecule has 0 aromatic heterocycles. The Hall–Kier alpha value is -0.0800. The fourth-order valence-electron chi connectivity index (χ4n) is 2.92. The minimum Gasteiger partial charge on any atom is -0.303 e. The van der Waals surface area contributed by atoms with E-state index in [2.05, 4.69) is 30.7 Å². The quantitative estimate of drug-likeness (QED) is 0.605. The van der Waals surface area contributed by atoms with Gasteiger partial charge in [-0.15, -0.1) is 0 Å². The molecule has 2 atom stereocenters. The van der Waals surface area contributed by atoms with Crippen molar-refractivity contribution in [1.82, 2.24) is 9.80 Å². The lowest BCUT2D eigenvalue weighted by Gasteiger charge is -2.39. The highest BCUT2D eigenvalue weighted by atomic mass is 15.2. The molecule has 0 aromatic rings. The molecule has 2 aliphatic heterocycles. The minimum atomic E-state index is 0.742. The highest BCUT2D eigenvalue weighted by molar-refractivity contribution is 4.91. The molecule has 76 valence electrons. The van der Waals surface area contributed by atoms with E-state index >= 15 is 0 Å². The van der Waals surface area contributed by atoms with E-state index in [0.29, 0.717) is 0 Å². The van der Waals surface area contributed by atoms with Crippen LogP contribution in [0.3, 0.4) is 0 Å². The van der Waals surface area contributed by atoms with E-state index in [4.69, 9.17) is 0 Å². The van der Waals surface area contributed by atoms with E-state index < -0.39 is 0 Å². The predicted molar refractivity (Wildman–Crippen MR) is 55.9 cm³/mol. The third kappa shape index (κ3) is 1.75. The number of likely N-dealkylation sites (tertiary alicyclic amines) is 2. The average Bonchev–Trinajstić information content (AvgIpc) is 2.47. The first kappa shape index (κ1) is 9.47. The summed E-state index contributed by atoms with van der Waals surface area (Å²) in [5.41, 5.74) is 0. The maximum Gasteiger partial charge on any atom is 0.0145 e. The van der Waals surface area contributed by atoms with Gasteiger partial charge in [-0.1, -0.05) is 0 Å².